The number of nitro groups is 1. The van der Waals surface area contributed by atoms with E-state index in [1.165, 1.54) is 0 Å². The Labute approximate surface area is 127 Å². The van der Waals surface area contributed by atoms with Crippen molar-refractivity contribution in [2.45, 2.75) is 32.2 Å². The van der Waals surface area contributed by atoms with Crippen LogP contribution < -0.4 is 21.5 Å². The molecule has 118 valence electrons. The minimum atomic E-state index is -1.29. The summed E-state index contributed by atoms with van der Waals surface area (Å²) in [5.41, 5.74) is 12.1. The summed E-state index contributed by atoms with van der Waals surface area (Å²) in [6.45, 7) is 3.77. The second-order valence-corrected chi connectivity index (χ2v) is 5.16. The van der Waals surface area contributed by atoms with Crippen LogP contribution in [-0.2, 0) is 6.42 Å². The minimum absolute atomic E-state index is 0.0451. The smallest absolute Gasteiger partial charge is 0.326 e. The van der Waals surface area contributed by atoms with Crippen molar-refractivity contribution >= 4 is 5.84 Å². The van der Waals surface area contributed by atoms with E-state index >= 15 is 0 Å². The first-order valence-electron chi connectivity index (χ1n) is 6.68. The lowest BCUT2D eigenvalue weighted by molar-refractivity contribution is -0.416. The second-order valence-electron chi connectivity index (χ2n) is 5.16. The van der Waals surface area contributed by atoms with Crippen LogP contribution in [0.5, 0.6) is 5.88 Å². The third-order valence-corrected chi connectivity index (χ3v) is 2.90. The van der Waals surface area contributed by atoms with E-state index in [2.05, 4.69) is 15.3 Å². The Morgan fingerprint density at radius 1 is 1.55 bits per heavy atom. The first-order valence-corrected chi connectivity index (χ1v) is 6.68. The molecule has 1 atom stereocenters. The van der Waals surface area contributed by atoms with Crippen LogP contribution in [0.4, 0.5) is 0 Å². The van der Waals surface area contributed by atoms with Gasteiger partial charge in [-0.3, -0.25) is 15.8 Å². The van der Waals surface area contributed by atoms with E-state index in [4.69, 9.17) is 16.2 Å². The van der Waals surface area contributed by atoms with Gasteiger partial charge in [0.15, 0.2) is 5.79 Å². The molecule has 0 aliphatic carbocycles. The molecule has 0 radical (unpaired) electrons. The van der Waals surface area contributed by atoms with Crippen LogP contribution >= 0.6 is 0 Å². The number of nitrogens with zero attached hydrogens (tertiary/aromatic N) is 3. The van der Waals surface area contributed by atoms with Crippen LogP contribution in [0.3, 0.4) is 0 Å². The second kappa shape index (κ2) is 5.98. The van der Waals surface area contributed by atoms with Crippen molar-refractivity contribution in [2.24, 2.45) is 16.5 Å². The summed E-state index contributed by atoms with van der Waals surface area (Å²) in [6.07, 6.45) is 2.93. The van der Waals surface area contributed by atoms with Gasteiger partial charge in [0.2, 0.25) is 11.7 Å². The number of rotatable bonds is 5. The molecule has 2 rings (SSSR count). The van der Waals surface area contributed by atoms with Gasteiger partial charge in [-0.2, -0.15) is 0 Å². The summed E-state index contributed by atoms with van der Waals surface area (Å²) >= 11 is 0. The van der Waals surface area contributed by atoms with Gasteiger partial charge in [-0.1, -0.05) is 6.07 Å². The normalized spacial score (nSPS) is 20.9. The standard InChI is InChI=1S/C13H18N6O3/c1-8(2)22-12-9(4-3-5-16-12)6-13(15)17-7-10(19(20)21)11(14)18-13/h3-5,7-8,17H,6,15H2,1-2H3,(H2,14,18). The monoisotopic (exact) mass is 306 g/mol. The van der Waals surface area contributed by atoms with Gasteiger partial charge >= 0.3 is 5.70 Å². The zero-order valence-corrected chi connectivity index (χ0v) is 12.3. The molecular weight excluding hydrogens is 288 g/mol. The molecular formula is C13H18N6O3. The van der Waals surface area contributed by atoms with Crippen molar-refractivity contribution in [3.8, 4) is 5.88 Å². The first-order chi connectivity index (χ1) is 10.3. The molecule has 0 bridgehead atoms. The molecule has 1 aliphatic rings. The summed E-state index contributed by atoms with van der Waals surface area (Å²) in [4.78, 5) is 18.3. The van der Waals surface area contributed by atoms with Gasteiger partial charge in [-0.05, 0) is 19.9 Å². The maximum Gasteiger partial charge on any atom is 0.326 e. The number of pyridine rings is 1. The summed E-state index contributed by atoms with van der Waals surface area (Å²) in [5, 5.41) is 13.5. The van der Waals surface area contributed by atoms with E-state index in [1.807, 2.05) is 13.8 Å². The van der Waals surface area contributed by atoms with E-state index in [0.717, 1.165) is 11.8 Å². The van der Waals surface area contributed by atoms with Gasteiger partial charge in [0, 0.05) is 18.2 Å². The highest BCUT2D eigenvalue weighted by atomic mass is 16.6. The van der Waals surface area contributed by atoms with Gasteiger partial charge in [-0.15, -0.1) is 0 Å². The first kappa shape index (κ1) is 15.7. The molecule has 0 spiro atoms. The van der Waals surface area contributed by atoms with Crippen LogP contribution in [0.2, 0.25) is 0 Å². The summed E-state index contributed by atoms with van der Waals surface area (Å²) in [5.74, 6) is -1.06. The Morgan fingerprint density at radius 3 is 2.86 bits per heavy atom. The summed E-state index contributed by atoms with van der Waals surface area (Å²) in [7, 11) is 0. The zero-order valence-electron chi connectivity index (χ0n) is 12.3. The molecule has 9 heteroatoms. The van der Waals surface area contributed by atoms with Crippen LogP contribution in [0, 0.1) is 10.1 Å². The number of amidine groups is 1. The Morgan fingerprint density at radius 2 is 2.27 bits per heavy atom. The Kier molecular flexibility index (Phi) is 4.27. The van der Waals surface area contributed by atoms with Crippen molar-refractivity contribution in [1.82, 2.24) is 10.3 Å². The predicted molar refractivity (Wildman–Crippen MR) is 80.5 cm³/mol. The molecule has 0 saturated heterocycles. The highest BCUT2D eigenvalue weighted by Gasteiger charge is 2.33. The van der Waals surface area contributed by atoms with Gasteiger partial charge < -0.3 is 15.8 Å². The fourth-order valence-electron chi connectivity index (χ4n) is 1.99. The molecule has 0 saturated carbocycles. The Hall–Kier alpha value is -2.68. The van der Waals surface area contributed by atoms with Crippen molar-refractivity contribution in [3.05, 3.63) is 45.9 Å². The number of hydrogen-bond acceptors (Lipinski definition) is 8. The minimum Gasteiger partial charge on any atom is -0.475 e. The van der Waals surface area contributed by atoms with Gasteiger partial charge in [0.05, 0.1) is 17.2 Å². The lowest BCUT2D eigenvalue weighted by Gasteiger charge is -2.28. The topological polar surface area (TPSA) is 142 Å². The van der Waals surface area contributed by atoms with E-state index in [0.29, 0.717) is 5.88 Å². The molecule has 2 heterocycles. The maximum atomic E-state index is 10.8. The van der Waals surface area contributed by atoms with Crippen molar-refractivity contribution in [1.29, 1.82) is 0 Å². The molecule has 1 aromatic rings. The van der Waals surface area contributed by atoms with Crippen molar-refractivity contribution in [3.63, 3.8) is 0 Å². The molecule has 9 nitrogen and oxygen atoms in total. The highest BCUT2D eigenvalue weighted by molar-refractivity contribution is 5.95. The largest absolute Gasteiger partial charge is 0.475 e. The zero-order chi connectivity index (χ0) is 16.3. The predicted octanol–water partition coefficient (Wildman–Crippen LogP) is 0.102. The fourth-order valence-corrected chi connectivity index (χ4v) is 1.99. The molecule has 1 unspecified atom stereocenters. The number of nitrogens with one attached hydrogen (secondary N) is 1. The van der Waals surface area contributed by atoms with E-state index in [9.17, 15) is 10.1 Å². The third-order valence-electron chi connectivity index (χ3n) is 2.90. The molecule has 1 aromatic heterocycles. The highest BCUT2D eigenvalue weighted by Crippen LogP contribution is 2.22. The number of hydrogen-bond donors (Lipinski definition) is 3. The lowest BCUT2D eigenvalue weighted by Crippen LogP contribution is -2.55. The number of nitrogens with two attached hydrogens (primary N) is 2. The molecule has 0 amide bonds. The summed E-state index contributed by atoms with van der Waals surface area (Å²) < 4.78 is 5.62. The maximum absolute atomic E-state index is 10.8. The Balaban J connectivity index is 2.23. The van der Waals surface area contributed by atoms with Crippen LogP contribution in [-0.4, -0.2) is 27.6 Å². The van der Waals surface area contributed by atoms with Gasteiger partial charge in [0.1, 0.15) is 0 Å². The molecule has 22 heavy (non-hydrogen) atoms. The lowest BCUT2D eigenvalue weighted by atomic mass is 10.1. The molecule has 0 fully saturated rings. The molecule has 0 aromatic carbocycles. The van der Waals surface area contributed by atoms with Crippen LogP contribution in [0.1, 0.15) is 19.4 Å². The molecule has 5 N–H and O–H groups in total. The quantitative estimate of drug-likeness (QED) is 0.517. The SMILES string of the molecule is CC(C)Oc1ncccc1CC1(N)N=C(N)C([N+](=O)[O-])=CN1. The van der Waals surface area contributed by atoms with Crippen molar-refractivity contribution < 1.29 is 9.66 Å². The number of aliphatic imine (C=N–C) groups is 1. The van der Waals surface area contributed by atoms with E-state index in [-0.39, 0.29) is 24.1 Å². The van der Waals surface area contributed by atoms with Crippen LogP contribution in [0.15, 0.2) is 35.2 Å². The number of ether oxygens (including phenoxy) is 1. The third kappa shape index (κ3) is 3.50. The number of aromatic nitrogens is 1. The Bertz CT molecular complexity index is 642. The van der Waals surface area contributed by atoms with Crippen molar-refractivity contribution in [2.75, 3.05) is 0 Å². The average molecular weight is 306 g/mol. The molecule has 1 aliphatic heterocycles. The van der Waals surface area contributed by atoms with Crippen LogP contribution in [0.25, 0.3) is 0 Å². The van der Waals surface area contributed by atoms with E-state index < -0.39 is 10.7 Å². The van der Waals surface area contributed by atoms with Gasteiger partial charge in [-0.25, -0.2) is 9.98 Å². The average Bonchev–Trinajstić information content (AvgIpc) is 2.39. The summed E-state index contributed by atoms with van der Waals surface area (Å²) in [6, 6.07) is 3.56. The van der Waals surface area contributed by atoms with E-state index in [1.54, 1.807) is 18.3 Å². The van der Waals surface area contributed by atoms with Gasteiger partial charge in [0.25, 0.3) is 0 Å². The fraction of sp³-hybridized carbons (Fsp3) is 0.385.